The van der Waals surface area contributed by atoms with Crippen LogP contribution in [0.2, 0.25) is 0 Å². The lowest BCUT2D eigenvalue weighted by Gasteiger charge is -2.32. The van der Waals surface area contributed by atoms with Crippen LogP contribution in [0.5, 0.6) is 0 Å². The minimum atomic E-state index is 0.382. The van der Waals surface area contributed by atoms with Gasteiger partial charge >= 0.3 is 0 Å². The molecule has 0 saturated heterocycles. The van der Waals surface area contributed by atoms with Crippen molar-refractivity contribution in [2.45, 2.75) is 52.2 Å². The molecule has 1 unspecified atom stereocenters. The zero-order valence-corrected chi connectivity index (χ0v) is 11.1. The first-order chi connectivity index (χ1) is 7.69. The van der Waals surface area contributed by atoms with Gasteiger partial charge in [0, 0.05) is 23.5 Å². The molecule has 1 heterocycles. The average molecular weight is 236 g/mol. The standard InChI is InChI=1S/C13H20N2S/c1-4-12(7-8-14)15(11(2)3)10-13-6-5-9-16-13/h5-6,9,11-12H,4,7,10H2,1-3H3. The molecule has 1 aromatic heterocycles. The van der Waals surface area contributed by atoms with E-state index in [1.165, 1.54) is 4.88 Å². The second kappa shape index (κ2) is 6.67. The molecule has 2 nitrogen and oxygen atoms in total. The summed E-state index contributed by atoms with van der Waals surface area (Å²) in [7, 11) is 0. The van der Waals surface area contributed by atoms with Crippen LogP contribution in [0.1, 0.15) is 38.5 Å². The van der Waals surface area contributed by atoms with Crippen molar-refractivity contribution in [3.63, 3.8) is 0 Å². The summed E-state index contributed by atoms with van der Waals surface area (Å²) < 4.78 is 0. The summed E-state index contributed by atoms with van der Waals surface area (Å²) in [5.74, 6) is 0. The van der Waals surface area contributed by atoms with Gasteiger partial charge in [-0.15, -0.1) is 11.3 Å². The fourth-order valence-electron chi connectivity index (χ4n) is 1.92. The Balaban J connectivity index is 2.70. The largest absolute Gasteiger partial charge is 0.292 e. The quantitative estimate of drug-likeness (QED) is 0.754. The van der Waals surface area contributed by atoms with Crippen molar-refractivity contribution >= 4 is 11.3 Å². The number of hydrogen-bond donors (Lipinski definition) is 0. The van der Waals surface area contributed by atoms with Crippen LogP contribution >= 0.6 is 11.3 Å². The third kappa shape index (κ3) is 3.62. The Hall–Kier alpha value is -0.850. The van der Waals surface area contributed by atoms with E-state index in [-0.39, 0.29) is 0 Å². The highest BCUT2D eigenvalue weighted by molar-refractivity contribution is 7.09. The SMILES string of the molecule is CCC(CC#N)N(Cc1cccs1)C(C)C. The number of rotatable bonds is 6. The maximum atomic E-state index is 8.85. The molecule has 0 radical (unpaired) electrons. The highest BCUT2D eigenvalue weighted by Crippen LogP contribution is 2.19. The summed E-state index contributed by atoms with van der Waals surface area (Å²) in [6, 6.07) is 7.42. The summed E-state index contributed by atoms with van der Waals surface area (Å²) in [4.78, 5) is 3.81. The van der Waals surface area contributed by atoms with E-state index in [9.17, 15) is 0 Å². The lowest BCUT2D eigenvalue weighted by atomic mass is 10.1. The van der Waals surface area contributed by atoms with Crippen LogP contribution in [0.3, 0.4) is 0 Å². The molecule has 16 heavy (non-hydrogen) atoms. The third-order valence-electron chi connectivity index (χ3n) is 2.85. The molecule has 1 aromatic rings. The zero-order chi connectivity index (χ0) is 12.0. The fraction of sp³-hybridized carbons (Fsp3) is 0.615. The summed E-state index contributed by atoms with van der Waals surface area (Å²) in [6.45, 7) is 7.53. The summed E-state index contributed by atoms with van der Waals surface area (Å²) in [5.41, 5.74) is 0. The minimum Gasteiger partial charge on any atom is -0.292 e. The number of nitrogens with zero attached hydrogens (tertiary/aromatic N) is 2. The molecule has 1 rings (SSSR count). The molecule has 0 aliphatic heterocycles. The van der Waals surface area contributed by atoms with Crippen molar-refractivity contribution in [1.29, 1.82) is 5.26 Å². The van der Waals surface area contributed by atoms with E-state index in [2.05, 4.69) is 49.3 Å². The van der Waals surface area contributed by atoms with Gasteiger partial charge in [0.1, 0.15) is 0 Å². The van der Waals surface area contributed by atoms with Crippen LogP contribution in [0.4, 0.5) is 0 Å². The zero-order valence-electron chi connectivity index (χ0n) is 10.3. The molecular formula is C13H20N2S. The summed E-state index contributed by atoms with van der Waals surface area (Å²) >= 11 is 1.79. The van der Waals surface area contributed by atoms with Gasteiger partial charge in [0.15, 0.2) is 0 Å². The molecule has 0 aromatic carbocycles. The molecule has 3 heteroatoms. The molecular weight excluding hydrogens is 216 g/mol. The molecule has 0 aliphatic rings. The molecule has 1 atom stereocenters. The fourth-order valence-corrected chi connectivity index (χ4v) is 2.63. The number of hydrogen-bond acceptors (Lipinski definition) is 3. The van der Waals surface area contributed by atoms with Gasteiger partial charge in [-0.25, -0.2) is 0 Å². The molecule has 0 spiro atoms. The van der Waals surface area contributed by atoms with Crippen LogP contribution in [0.25, 0.3) is 0 Å². The topological polar surface area (TPSA) is 27.0 Å². The highest BCUT2D eigenvalue weighted by Gasteiger charge is 2.19. The minimum absolute atomic E-state index is 0.382. The molecule has 0 amide bonds. The Morgan fingerprint density at radius 2 is 2.25 bits per heavy atom. The first-order valence-electron chi connectivity index (χ1n) is 5.84. The molecule has 0 fully saturated rings. The van der Waals surface area contributed by atoms with Gasteiger partial charge < -0.3 is 0 Å². The van der Waals surface area contributed by atoms with Gasteiger partial charge in [0.2, 0.25) is 0 Å². The Labute approximate surface area is 103 Å². The van der Waals surface area contributed by atoms with Gasteiger partial charge in [-0.3, -0.25) is 4.90 Å². The predicted octanol–water partition coefficient (Wildman–Crippen LogP) is 3.65. The molecule has 0 saturated carbocycles. The van der Waals surface area contributed by atoms with Gasteiger partial charge in [-0.2, -0.15) is 5.26 Å². The van der Waals surface area contributed by atoms with Gasteiger partial charge in [0.25, 0.3) is 0 Å². The van der Waals surface area contributed by atoms with Gasteiger partial charge in [-0.1, -0.05) is 13.0 Å². The van der Waals surface area contributed by atoms with E-state index in [1.54, 1.807) is 11.3 Å². The Morgan fingerprint density at radius 3 is 2.69 bits per heavy atom. The van der Waals surface area contributed by atoms with Crippen LogP contribution in [0.15, 0.2) is 17.5 Å². The van der Waals surface area contributed by atoms with Crippen LogP contribution < -0.4 is 0 Å². The van der Waals surface area contributed by atoms with E-state index >= 15 is 0 Å². The van der Waals surface area contributed by atoms with Crippen molar-refractivity contribution in [3.8, 4) is 6.07 Å². The van der Waals surface area contributed by atoms with Crippen molar-refractivity contribution < 1.29 is 0 Å². The Bertz CT molecular complexity index is 324. The molecule has 88 valence electrons. The van der Waals surface area contributed by atoms with Crippen molar-refractivity contribution in [3.05, 3.63) is 22.4 Å². The Morgan fingerprint density at radius 1 is 1.50 bits per heavy atom. The van der Waals surface area contributed by atoms with Crippen molar-refractivity contribution in [1.82, 2.24) is 4.90 Å². The van der Waals surface area contributed by atoms with Gasteiger partial charge in [0.05, 0.1) is 12.5 Å². The summed E-state index contributed by atoms with van der Waals surface area (Å²) in [6.07, 6.45) is 1.66. The van der Waals surface area contributed by atoms with E-state index in [0.717, 1.165) is 13.0 Å². The number of thiophene rings is 1. The normalized spacial score (nSPS) is 13.0. The summed E-state index contributed by atoms with van der Waals surface area (Å²) in [5, 5.41) is 11.0. The molecule has 0 bridgehead atoms. The van der Waals surface area contributed by atoms with E-state index in [0.29, 0.717) is 18.5 Å². The lowest BCUT2D eigenvalue weighted by Crippen LogP contribution is -2.39. The van der Waals surface area contributed by atoms with E-state index < -0.39 is 0 Å². The second-order valence-electron chi connectivity index (χ2n) is 4.27. The second-order valence-corrected chi connectivity index (χ2v) is 5.30. The highest BCUT2D eigenvalue weighted by atomic mass is 32.1. The van der Waals surface area contributed by atoms with Gasteiger partial charge in [-0.05, 0) is 31.7 Å². The number of nitriles is 1. The Kier molecular flexibility index (Phi) is 5.51. The monoisotopic (exact) mass is 236 g/mol. The lowest BCUT2D eigenvalue weighted by molar-refractivity contribution is 0.143. The molecule has 0 N–H and O–H groups in total. The first-order valence-corrected chi connectivity index (χ1v) is 6.72. The van der Waals surface area contributed by atoms with Crippen LogP contribution in [-0.2, 0) is 6.54 Å². The van der Waals surface area contributed by atoms with E-state index in [4.69, 9.17) is 5.26 Å². The smallest absolute Gasteiger partial charge is 0.0638 e. The maximum absolute atomic E-state index is 8.85. The molecule has 0 aliphatic carbocycles. The van der Waals surface area contributed by atoms with Crippen molar-refractivity contribution in [2.75, 3.05) is 0 Å². The third-order valence-corrected chi connectivity index (χ3v) is 3.71. The average Bonchev–Trinajstić information content (AvgIpc) is 2.75. The first kappa shape index (κ1) is 13.2. The van der Waals surface area contributed by atoms with Crippen LogP contribution in [-0.4, -0.2) is 17.0 Å². The predicted molar refractivity (Wildman–Crippen MR) is 69.3 cm³/mol. The van der Waals surface area contributed by atoms with Crippen LogP contribution in [0, 0.1) is 11.3 Å². The maximum Gasteiger partial charge on any atom is 0.0638 e. The van der Waals surface area contributed by atoms with Crippen molar-refractivity contribution in [2.24, 2.45) is 0 Å². The van der Waals surface area contributed by atoms with E-state index in [1.807, 2.05) is 0 Å².